The maximum Gasteiger partial charge on any atom is 0.258 e. The van der Waals surface area contributed by atoms with Crippen molar-refractivity contribution >= 4 is 23.3 Å². The predicted octanol–water partition coefficient (Wildman–Crippen LogP) is 2.03. The summed E-state index contributed by atoms with van der Waals surface area (Å²) in [5, 5.41) is 16.2. The fourth-order valence-electron chi connectivity index (χ4n) is 4.92. The molecule has 30 heavy (non-hydrogen) atoms. The van der Waals surface area contributed by atoms with Gasteiger partial charge in [-0.3, -0.25) is 14.5 Å². The van der Waals surface area contributed by atoms with Gasteiger partial charge in [0, 0.05) is 54.5 Å². The average molecular weight is 429 g/mol. The number of aliphatic hydroxyl groups excluding tert-OH is 1. The highest BCUT2D eigenvalue weighted by molar-refractivity contribution is 7.09. The molecule has 2 aliphatic rings. The third-order valence-electron chi connectivity index (χ3n) is 6.20. The zero-order chi connectivity index (χ0) is 21.3. The van der Waals surface area contributed by atoms with Gasteiger partial charge >= 0.3 is 0 Å². The standard InChI is InChI=1S/C22H28N4O3S/c1-3-5-14-6-7-16-20-19(21(28)24-8-4-2)15(13-27)17(11-26(16)22(14)29)25(20)12-18-23-9-10-30-18/h3,5-7,9-10,15,17,19-20,27H,4,8,11-13H2,1-2H3,(H,24,28)/b5-3-/t15-,17-,19+,20+/m0/s1. The second-order valence-corrected chi connectivity index (χ2v) is 8.88. The number of fused-ring (bicyclic) bond motifs is 4. The van der Waals surface area contributed by atoms with E-state index >= 15 is 0 Å². The maximum atomic E-state index is 13.2. The Hall–Kier alpha value is -2.29. The van der Waals surface area contributed by atoms with Crippen molar-refractivity contribution < 1.29 is 9.90 Å². The first-order valence-electron chi connectivity index (χ1n) is 10.5. The summed E-state index contributed by atoms with van der Waals surface area (Å²) in [6, 6.07) is 3.43. The summed E-state index contributed by atoms with van der Waals surface area (Å²) < 4.78 is 1.80. The van der Waals surface area contributed by atoms with Gasteiger partial charge in [0.1, 0.15) is 5.01 Å². The lowest BCUT2D eigenvalue weighted by Crippen LogP contribution is -2.46. The lowest BCUT2D eigenvalue weighted by atomic mass is 9.86. The van der Waals surface area contributed by atoms with Crippen LogP contribution in [0.4, 0.5) is 0 Å². The highest BCUT2D eigenvalue weighted by Gasteiger charge is 2.55. The van der Waals surface area contributed by atoms with Crippen molar-refractivity contribution in [3.63, 3.8) is 0 Å². The molecule has 1 amide bonds. The van der Waals surface area contributed by atoms with Gasteiger partial charge in [0.15, 0.2) is 0 Å². The molecule has 4 heterocycles. The van der Waals surface area contributed by atoms with Gasteiger partial charge in [-0.15, -0.1) is 11.3 Å². The van der Waals surface area contributed by atoms with Crippen LogP contribution in [0, 0.1) is 11.8 Å². The fraction of sp³-hybridized carbons (Fsp3) is 0.500. The molecule has 0 unspecified atom stereocenters. The first-order chi connectivity index (χ1) is 14.6. The minimum absolute atomic E-state index is 0.0409. The third kappa shape index (κ3) is 3.53. The number of hydrogen-bond acceptors (Lipinski definition) is 6. The molecule has 2 N–H and O–H groups in total. The second-order valence-electron chi connectivity index (χ2n) is 7.90. The van der Waals surface area contributed by atoms with Gasteiger partial charge in [-0.25, -0.2) is 4.98 Å². The van der Waals surface area contributed by atoms with E-state index < -0.39 is 5.92 Å². The first kappa shape index (κ1) is 21.0. The lowest BCUT2D eigenvalue weighted by molar-refractivity contribution is -0.127. The Labute approximate surface area is 180 Å². The van der Waals surface area contributed by atoms with Gasteiger partial charge in [-0.1, -0.05) is 19.1 Å². The van der Waals surface area contributed by atoms with Gasteiger partial charge in [-0.2, -0.15) is 0 Å². The molecular formula is C22H28N4O3S. The molecule has 0 aromatic carbocycles. The Morgan fingerprint density at radius 1 is 1.43 bits per heavy atom. The van der Waals surface area contributed by atoms with Crippen LogP contribution < -0.4 is 10.9 Å². The molecule has 0 spiro atoms. The van der Waals surface area contributed by atoms with Crippen LogP contribution in [-0.4, -0.2) is 44.7 Å². The van der Waals surface area contributed by atoms with Crippen molar-refractivity contribution in [2.75, 3.05) is 13.2 Å². The van der Waals surface area contributed by atoms with Crippen LogP contribution in [-0.2, 0) is 17.9 Å². The summed E-state index contributed by atoms with van der Waals surface area (Å²) in [6.07, 6.45) is 6.30. The Morgan fingerprint density at radius 2 is 2.27 bits per heavy atom. The van der Waals surface area contributed by atoms with E-state index in [1.54, 1.807) is 22.1 Å². The number of nitrogens with zero attached hydrogens (tertiary/aromatic N) is 3. The minimum Gasteiger partial charge on any atom is -0.396 e. The van der Waals surface area contributed by atoms with E-state index in [0.29, 0.717) is 25.2 Å². The SMILES string of the molecule is C/C=C\c1ccc2n(c1=O)C[C@H]1[C@H](CO)[C@@H](C(=O)NCCC)[C@@H]2N1Cc1nccs1. The van der Waals surface area contributed by atoms with E-state index in [0.717, 1.165) is 17.1 Å². The number of pyridine rings is 1. The Bertz CT molecular complexity index is 985. The Kier molecular flexibility index (Phi) is 6.17. The predicted molar refractivity (Wildman–Crippen MR) is 117 cm³/mol. The summed E-state index contributed by atoms with van der Waals surface area (Å²) in [7, 11) is 0. The van der Waals surface area contributed by atoms with Crippen molar-refractivity contribution in [1.82, 2.24) is 19.8 Å². The summed E-state index contributed by atoms with van der Waals surface area (Å²) in [6.45, 7) is 5.48. The zero-order valence-corrected chi connectivity index (χ0v) is 18.1. The van der Waals surface area contributed by atoms with Crippen molar-refractivity contribution in [3.8, 4) is 0 Å². The van der Waals surface area contributed by atoms with Gasteiger partial charge in [0.2, 0.25) is 5.91 Å². The number of rotatable bonds is 7. The molecule has 0 radical (unpaired) electrons. The van der Waals surface area contributed by atoms with Crippen LogP contribution in [0.2, 0.25) is 0 Å². The van der Waals surface area contributed by atoms with Gasteiger partial charge in [0.05, 0.1) is 18.5 Å². The highest BCUT2D eigenvalue weighted by Crippen LogP contribution is 2.49. The number of carbonyl (C=O) groups excluding carboxylic acids is 1. The number of carbonyl (C=O) groups is 1. The Balaban J connectivity index is 1.81. The second kappa shape index (κ2) is 8.83. The van der Waals surface area contributed by atoms with Crippen LogP contribution in [0.5, 0.6) is 0 Å². The molecule has 7 nitrogen and oxygen atoms in total. The molecule has 0 aliphatic carbocycles. The van der Waals surface area contributed by atoms with Crippen LogP contribution in [0.25, 0.3) is 6.08 Å². The summed E-state index contributed by atoms with van der Waals surface area (Å²) >= 11 is 1.58. The fourth-order valence-corrected chi connectivity index (χ4v) is 5.54. The number of aliphatic hydroxyl groups is 1. The average Bonchev–Trinajstić information content (AvgIpc) is 3.32. The lowest BCUT2D eigenvalue weighted by Gasteiger charge is -2.37. The van der Waals surface area contributed by atoms with Crippen molar-refractivity contribution in [1.29, 1.82) is 0 Å². The molecular weight excluding hydrogens is 400 g/mol. The maximum absolute atomic E-state index is 13.2. The Morgan fingerprint density at radius 3 is 2.93 bits per heavy atom. The molecule has 2 aromatic rings. The van der Waals surface area contributed by atoms with E-state index in [9.17, 15) is 14.7 Å². The number of aromatic nitrogens is 2. The molecule has 160 valence electrons. The first-order valence-corrected chi connectivity index (χ1v) is 11.4. The van der Waals surface area contributed by atoms with Gasteiger partial charge in [0.25, 0.3) is 5.56 Å². The third-order valence-corrected chi connectivity index (χ3v) is 6.96. The van der Waals surface area contributed by atoms with Gasteiger partial charge < -0.3 is 15.0 Å². The van der Waals surface area contributed by atoms with Gasteiger partial charge in [-0.05, 0) is 25.5 Å². The molecule has 2 aliphatic heterocycles. The smallest absolute Gasteiger partial charge is 0.258 e. The quantitative estimate of drug-likeness (QED) is 0.705. The number of hydrogen-bond donors (Lipinski definition) is 2. The molecule has 4 atom stereocenters. The summed E-state index contributed by atoms with van der Waals surface area (Å²) in [5.74, 6) is -0.700. The van der Waals surface area contributed by atoms with E-state index in [1.165, 1.54) is 0 Å². The number of thiazole rings is 1. The van der Waals surface area contributed by atoms with E-state index in [1.807, 2.05) is 43.5 Å². The topological polar surface area (TPSA) is 87.5 Å². The van der Waals surface area contributed by atoms with Crippen molar-refractivity contribution in [2.45, 2.75) is 45.4 Å². The molecule has 1 saturated heterocycles. The molecule has 2 aromatic heterocycles. The normalized spacial score (nSPS) is 25.6. The van der Waals surface area contributed by atoms with Crippen LogP contribution in [0.3, 0.4) is 0 Å². The highest BCUT2D eigenvalue weighted by atomic mass is 32.1. The molecule has 1 fully saturated rings. The van der Waals surface area contributed by atoms with E-state index in [-0.39, 0.29) is 36.1 Å². The number of amides is 1. The molecule has 4 rings (SSSR count). The largest absolute Gasteiger partial charge is 0.396 e. The summed E-state index contributed by atoms with van der Waals surface area (Å²) in [4.78, 5) is 33.0. The van der Waals surface area contributed by atoms with Crippen LogP contribution in [0.1, 0.15) is 42.6 Å². The zero-order valence-electron chi connectivity index (χ0n) is 17.3. The number of allylic oxidation sites excluding steroid dienone is 1. The van der Waals surface area contributed by atoms with Crippen molar-refractivity contribution in [3.05, 3.63) is 56.4 Å². The van der Waals surface area contributed by atoms with E-state index in [4.69, 9.17) is 0 Å². The van der Waals surface area contributed by atoms with E-state index in [2.05, 4.69) is 15.2 Å². The molecule has 0 saturated carbocycles. The summed E-state index contributed by atoms with van der Waals surface area (Å²) in [5.41, 5.74) is 1.44. The minimum atomic E-state index is -0.410. The van der Waals surface area contributed by atoms with Crippen LogP contribution >= 0.6 is 11.3 Å². The van der Waals surface area contributed by atoms with Crippen molar-refractivity contribution in [2.24, 2.45) is 11.8 Å². The molecule has 2 bridgehead atoms. The van der Waals surface area contributed by atoms with Crippen LogP contribution in [0.15, 0.2) is 34.6 Å². The number of nitrogens with one attached hydrogen (secondary N) is 1. The molecule has 8 heteroatoms. The monoisotopic (exact) mass is 428 g/mol.